The Labute approximate surface area is 116 Å². The molecule has 1 aromatic rings. The van der Waals surface area contributed by atoms with Crippen molar-refractivity contribution in [3.05, 3.63) is 33.8 Å². The van der Waals surface area contributed by atoms with E-state index in [1.54, 1.807) is 12.1 Å². The Morgan fingerprint density at radius 1 is 1.33 bits per heavy atom. The number of nitrogens with one attached hydrogen (secondary N) is 1. The minimum Gasteiger partial charge on any atom is -0.478 e. The molecule has 18 heavy (non-hydrogen) atoms. The minimum absolute atomic E-state index is 0.322. The highest BCUT2D eigenvalue weighted by Gasteiger charge is 2.13. The van der Waals surface area contributed by atoms with Crippen LogP contribution in [0.2, 0.25) is 0 Å². The summed E-state index contributed by atoms with van der Waals surface area (Å²) in [6, 6.07) is 5.82. The first-order valence-corrected chi connectivity index (χ1v) is 7.21. The zero-order valence-corrected chi connectivity index (χ0v) is 11.9. The molecule has 0 atom stereocenters. The van der Waals surface area contributed by atoms with Crippen LogP contribution in [0.5, 0.6) is 0 Å². The predicted molar refractivity (Wildman–Crippen MR) is 74.8 cm³/mol. The van der Waals surface area contributed by atoms with Gasteiger partial charge < -0.3 is 10.4 Å². The molecular formula is C14H18BrNO2. The maximum atomic E-state index is 10.8. The zero-order chi connectivity index (χ0) is 13.0. The molecule has 4 heteroatoms. The number of hydrogen-bond donors (Lipinski definition) is 2. The molecule has 3 nitrogen and oxygen atoms in total. The van der Waals surface area contributed by atoms with Gasteiger partial charge in [-0.15, -0.1) is 0 Å². The molecule has 1 aliphatic rings. The van der Waals surface area contributed by atoms with Gasteiger partial charge in [-0.05, 0) is 30.5 Å². The van der Waals surface area contributed by atoms with Gasteiger partial charge in [0.15, 0.2) is 0 Å². The molecule has 98 valence electrons. The lowest BCUT2D eigenvalue weighted by Gasteiger charge is -2.23. The highest BCUT2D eigenvalue weighted by molar-refractivity contribution is 9.10. The van der Waals surface area contributed by atoms with Gasteiger partial charge in [-0.3, -0.25) is 0 Å². The van der Waals surface area contributed by atoms with E-state index in [0.717, 1.165) is 16.6 Å². The molecule has 2 rings (SSSR count). The lowest BCUT2D eigenvalue weighted by atomic mass is 9.95. The van der Waals surface area contributed by atoms with Crippen LogP contribution in [0, 0.1) is 0 Å². The largest absolute Gasteiger partial charge is 0.478 e. The third-order valence-corrected chi connectivity index (χ3v) is 4.22. The predicted octanol–water partition coefficient (Wildman–Crippen LogP) is 3.57. The van der Waals surface area contributed by atoms with Crippen LogP contribution in [0.4, 0.5) is 0 Å². The first-order chi connectivity index (χ1) is 8.66. The molecule has 0 unspecified atom stereocenters. The summed E-state index contributed by atoms with van der Waals surface area (Å²) < 4.78 is 0.866. The molecule has 0 radical (unpaired) electrons. The van der Waals surface area contributed by atoms with E-state index in [4.69, 9.17) is 5.11 Å². The highest BCUT2D eigenvalue weighted by Crippen LogP contribution is 2.21. The first-order valence-electron chi connectivity index (χ1n) is 6.42. The van der Waals surface area contributed by atoms with Crippen LogP contribution in [-0.2, 0) is 6.54 Å². The van der Waals surface area contributed by atoms with Crippen molar-refractivity contribution >= 4 is 21.9 Å². The van der Waals surface area contributed by atoms with Gasteiger partial charge in [0.2, 0.25) is 0 Å². The number of benzene rings is 1. The third kappa shape index (κ3) is 3.56. The van der Waals surface area contributed by atoms with Crippen molar-refractivity contribution in [3.63, 3.8) is 0 Å². The van der Waals surface area contributed by atoms with Crippen molar-refractivity contribution in [2.45, 2.75) is 44.7 Å². The van der Waals surface area contributed by atoms with Crippen LogP contribution in [0.1, 0.15) is 48.0 Å². The van der Waals surface area contributed by atoms with Gasteiger partial charge in [0.05, 0.1) is 5.56 Å². The number of carbonyl (C=O) groups is 1. The topological polar surface area (TPSA) is 49.3 Å². The van der Waals surface area contributed by atoms with Gasteiger partial charge >= 0.3 is 5.97 Å². The van der Waals surface area contributed by atoms with Gasteiger partial charge in [-0.2, -0.15) is 0 Å². The van der Waals surface area contributed by atoms with E-state index in [9.17, 15) is 4.79 Å². The Hall–Kier alpha value is -0.870. The van der Waals surface area contributed by atoms with Gasteiger partial charge in [0.1, 0.15) is 0 Å². The van der Waals surface area contributed by atoms with E-state index >= 15 is 0 Å². The maximum Gasteiger partial charge on any atom is 0.335 e. The summed E-state index contributed by atoms with van der Waals surface area (Å²) in [4.78, 5) is 10.8. The molecule has 0 amide bonds. The van der Waals surface area contributed by atoms with E-state index in [1.807, 2.05) is 6.07 Å². The average Bonchev–Trinajstić information content (AvgIpc) is 2.38. The van der Waals surface area contributed by atoms with E-state index in [1.165, 1.54) is 32.1 Å². The molecule has 1 saturated carbocycles. The standard InChI is InChI=1S/C14H18BrNO2/c15-13-8-10(14(17)18)6-7-11(13)9-16-12-4-2-1-3-5-12/h6-8,12,16H,1-5,9H2,(H,17,18). The molecule has 1 aromatic carbocycles. The Balaban J connectivity index is 1.94. The van der Waals surface area contributed by atoms with Crippen molar-refractivity contribution in [2.24, 2.45) is 0 Å². The molecule has 0 heterocycles. The van der Waals surface area contributed by atoms with E-state index in [2.05, 4.69) is 21.2 Å². The molecule has 2 N–H and O–H groups in total. The zero-order valence-electron chi connectivity index (χ0n) is 10.3. The second-order valence-corrected chi connectivity index (χ2v) is 5.68. The summed E-state index contributed by atoms with van der Waals surface area (Å²) in [5.74, 6) is -0.887. The molecule has 1 aliphatic carbocycles. The van der Waals surface area contributed by atoms with Crippen LogP contribution >= 0.6 is 15.9 Å². The number of aromatic carboxylic acids is 1. The smallest absolute Gasteiger partial charge is 0.335 e. The Morgan fingerprint density at radius 3 is 2.67 bits per heavy atom. The van der Waals surface area contributed by atoms with Crippen LogP contribution in [0.15, 0.2) is 22.7 Å². The number of rotatable bonds is 4. The summed E-state index contributed by atoms with van der Waals surface area (Å²) in [6.45, 7) is 0.797. The van der Waals surface area contributed by atoms with Crippen LogP contribution < -0.4 is 5.32 Å². The molecule has 0 spiro atoms. The second-order valence-electron chi connectivity index (χ2n) is 4.83. The summed E-state index contributed by atoms with van der Waals surface area (Å²) >= 11 is 3.44. The summed E-state index contributed by atoms with van der Waals surface area (Å²) in [6.07, 6.45) is 6.50. The number of carboxylic acids is 1. The summed E-state index contributed by atoms with van der Waals surface area (Å²) in [5.41, 5.74) is 1.44. The fourth-order valence-electron chi connectivity index (χ4n) is 2.38. The van der Waals surface area contributed by atoms with E-state index in [-0.39, 0.29) is 0 Å². The Kier molecular flexibility index (Phi) is 4.78. The normalized spacial score (nSPS) is 16.7. The SMILES string of the molecule is O=C(O)c1ccc(CNC2CCCCC2)c(Br)c1. The van der Waals surface area contributed by atoms with Crippen molar-refractivity contribution in [2.75, 3.05) is 0 Å². The molecular weight excluding hydrogens is 294 g/mol. The number of halogens is 1. The maximum absolute atomic E-state index is 10.8. The van der Waals surface area contributed by atoms with Gasteiger partial charge in [0.25, 0.3) is 0 Å². The van der Waals surface area contributed by atoms with Crippen molar-refractivity contribution in [1.82, 2.24) is 5.32 Å². The van der Waals surface area contributed by atoms with Crippen LogP contribution in [0.25, 0.3) is 0 Å². The molecule has 0 aromatic heterocycles. The monoisotopic (exact) mass is 311 g/mol. The van der Waals surface area contributed by atoms with Gasteiger partial charge in [-0.25, -0.2) is 4.79 Å². The van der Waals surface area contributed by atoms with Gasteiger partial charge in [0, 0.05) is 17.1 Å². The summed E-state index contributed by atoms with van der Waals surface area (Å²) in [5, 5.41) is 12.4. The lowest BCUT2D eigenvalue weighted by Crippen LogP contribution is -2.30. The fraction of sp³-hybridized carbons (Fsp3) is 0.500. The molecule has 0 bridgehead atoms. The van der Waals surface area contributed by atoms with Crippen LogP contribution in [0.3, 0.4) is 0 Å². The highest BCUT2D eigenvalue weighted by atomic mass is 79.9. The molecule has 0 aliphatic heterocycles. The quantitative estimate of drug-likeness (QED) is 0.893. The van der Waals surface area contributed by atoms with E-state index < -0.39 is 5.97 Å². The first kappa shape index (κ1) is 13.6. The molecule has 0 saturated heterocycles. The van der Waals surface area contributed by atoms with Crippen molar-refractivity contribution < 1.29 is 9.90 Å². The van der Waals surface area contributed by atoms with Crippen molar-refractivity contribution in [3.8, 4) is 0 Å². The molecule has 1 fully saturated rings. The Morgan fingerprint density at radius 2 is 2.06 bits per heavy atom. The fourth-order valence-corrected chi connectivity index (χ4v) is 2.90. The Bertz CT molecular complexity index is 428. The van der Waals surface area contributed by atoms with Crippen LogP contribution in [-0.4, -0.2) is 17.1 Å². The summed E-state index contributed by atoms with van der Waals surface area (Å²) in [7, 11) is 0. The minimum atomic E-state index is -0.887. The number of hydrogen-bond acceptors (Lipinski definition) is 2. The number of carboxylic acid groups (broad SMARTS) is 1. The second kappa shape index (κ2) is 6.34. The van der Waals surface area contributed by atoms with Gasteiger partial charge in [-0.1, -0.05) is 41.3 Å². The average molecular weight is 312 g/mol. The van der Waals surface area contributed by atoms with E-state index in [0.29, 0.717) is 11.6 Å². The van der Waals surface area contributed by atoms with Crippen molar-refractivity contribution in [1.29, 1.82) is 0 Å². The third-order valence-electron chi connectivity index (χ3n) is 3.49. The lowest BCUT2D eigenvalue weighted by molar-refractivity contribution is 0.0697.